The van der Waals surface area contributed by atoms with Crippen LogP contribution in [-0.4, -0.2) is 37.3 Å². The molecule has 0 aliphatic rings. The maximum absolute atomic E-state index is 11.8. The van der Waals surface area contributed by atoms with Crippen LogP contribution >= 0.6 is 0 Å². The van der Waals surface area contributed by atoms with Gasteiger partial charge in [-0.25, -0.2) is 5.43 Å². The molecule has 1 heterocycles. The fourth-order valence-electron chi connectivity index (χ4n) is 2.04. The normalized spacial score (nSPS) is 10.8. The molecule has 0 bridgehead atoms. The number of amides is 1. The van der Waals surface area contributed by atoms with E-state index in [9.17, 15) is 14.9 Å². The Morgan fingerprint density at radius 2 is 1.92 bits per heavy atom. The zero-order chi connectivity index (χ0) is 18.4. The zero-order valence-corrected chi connectivity index (χ0v) is 13.4. The van der Waals surface area contributed by atoms with Crippen LogP contribution in [0.25, 0.3) is 11.4 Å². The quantitative estimate of drug-likeness (QED) is 0.406. The van der Waals surface area contributed by atoms with Crippen LogP contribution in [0.4, 0.5) is 5.69 Å². The number of hydrazone groups is 1. The molecule has 1 amide bonds. The molecule has 1 N–H and O–H groups in total. The topological polar surface area (TPSA) is 128 Å². The molecule has 10 nitrogen and oxygen atoms in total. The van der Waals surface area contributed by atoms with Crippen molar-refractivity contribution in [2.45, 2.75) is 6.54 Å². The molecule has 0 fully saturated rings. The van der Waals surface area contributed by atoms with E-state index >= 15 is 0 Å². The zero-order valence-electron chi connectivity index (χ0n) is 13.4. The minimum absolute atomic E-state index is 0.0161. The second kappa shape index (κ2) is 7.75. The Bertz CT molecular complexity index is 936. The van der Waals surface area contributed by atoms with Gasteiger partial charge in [0.15, 0.2) is 0 Å². The number of carbonyl (C=O) groups is 1. The third-order valence-corrected chi connectivity index (χ3v) is 3.28. The fraction of sp³-hybridized carbons (Fsp3) is 0.0625. The molecule has 0 atom stereocenters. The summed E-state index contributed by atoms with van der Waals surface area (Å²) < 4.78 is 0. The molecule has 130 valence electrons. The van der Waals surface area contributed by atoms with Crippen LogP contribution in [0.3, 0.4) is 0 Å². The molecule has 0 saturated carbocycles. The second-order valence-corrected chi connectivity index (χ2v) is 5.15. The molecular formula is C16H13N7O3. The van der Waals surface area contributed by atoms with Crippen LogP contribution in [0.15, 0.2) is 59.7 Å². The molecular weight excluding hydrogens is 338 g/mol. The van der Waals surface area contributed by atoms with Crippen molar-refractivity contribution in [2.75, 3.05) is 0 Å². The van der Waals surface area contributed by atoms with E-state index in [4.69, 9.17) is 0 Å². The number of carbonyl (C=O) groups excluding carboxylic acids is 1. The molecule has 1 aromatic heterocycles. The van der Waals surface area contributed by atoms with E-state index in [0.29, 0.717) is 11.4 Å². The van der Waals surface area contributed by atoms with E-state index in [1.165, 1.54) is 35.3 Å². The van der Waals surface area contributed by atoms with E-state index in [2.05, 4.69) is 25.9 Å². The summed E-state index contributed by atoms with van der Waals surface area (Å²) in [6.45, 7) is -0.141. The maximum atomic E-state index is 11.8. The highest BCUT2D eigenvalue weighted by Gasteiger charge is 2.08. The molecule has 0 unspecified atom stereocenters. The number of rotatable bonds is 6. The van der Waals surface area contributed by atoms with Crippen molar-refractivity contribution in [3.05, 3.63) is 70.3 Å². The number of benzene rings is 2. The highest BCUT2D eigenvalue weighted by atomic mass is 16.6. The standard InChI is InChI=1S/C16H13N7O3/c24-15(18-17-10-12-6-8-14(9-7-12)23(25)26)11-22-20-16(19-21-22)13-4-2-1-3-5-13/h1-10H,11H2,(H,18,24). The number of nitro groups is 1. The Labute approximate surface area is 147 Å². The predicted molar refractivity (Wildman–Crippen MR) is 92.1 cm³/mol. The van der Waals surface area contributed by atoms with Gasteiger partial charge in [-0.2, -0.15) is 9.90 Å². The number of non-ortho nitro benzene ring substituents is 1. The van der Waals surface area contributed by atoms with Crippen LogP contribution in [0.1, 0.15) is 5.56 Å². The molecule has 0 aliphatic heterocycles. The number of hydrogen-bond acceptors (Lipinski definition) is 7. The fourth-order valence-corrected chi connectivity index (χ4v) is 2.04. The van der Waals surface area contributed by atoms with E-state index < -0.39 is 10.8 Å². The lowest BCUT2D eigenvalue weighted by Crippen LogP contribution is -2.24. The first-order valence-corrected chi connectivity index (χ1v) is 7.51. The van der Waals surface area contributed by atoms with E-state index in [0.717, 1.165) is 5.56 Å². The SMILES string of the molecule is O=C(Cn1nnc(-c2ccccc2)n1)NN=Cc1ccc([N+](=O)[O-])cc1. The lowest BCUT2D eigenvalue weighted by Gasteiger charge is -1.98. The van der Waals surface area contributed by atoms with E-state index in [1.54, 1.807) is 0 Å². The average Bonchev–Trinajstić information content (AvgIpc) is 3.11. The van der Waals surface area contributed by atoms with Crippen LogP contribution in [0.5, 0.6) is 0 Å². The third kappa shape index (κ3) is 4.32. The Hall–Kier alpha value is -3.95. The van der Waals surface area contributed by atoms with Gasteiger partial charge in [-0.3, -0.25) is 14.9 Å². The predicted octanol–water partition coefficient (Wildman–Crippen LogP) is 1.40. The van der Waals surface area contributed by atoms with Gasteiger partial charge in [0.1, 0.15) is 6.54 Å². The number of aromatic nitrogens is 4. The molecule has 0 spiro atoms. The highest BCUT2D eigenvalue weighted by Crippen LogP contribution is 2.12. The molecule has 3 rings (SSSR count). The molecule has 0 aliphatic carbocycles. The largest absolute Gasteiger partial charge is 0.271 e. The summed E-state index contributed by atoms with van der Waals surface area (Å²) in [5.74, 6) is -0.00652. The summed E-state index contributed by atoms with van der Waals surface area (Å²) in [6, 6.07) is 15.0. The summed E-state index contributed by atoms with van der Waals surface area (Å²) in [6.07, 6.45) is 1.38. The van der Waals surface area contributed by atoms with Gasteiger partial charge in [-0.15, -0.1) is 10.2 Å². The lowest BCUT2D eigenvalue weighted by molar-refractivity contribution is -0.384. The number of nitrogens with zero attached hydrogens (tertiary/aromatic N) is 6. The number of nitro benzene ring substituents is 1. The third-order valence-electron chi connectivity index (χ3n) is 3.28. The Morgan fingerprint density at radius 1 is 1.19 bits per heavy atom. The van der Waals surface area contributed by atoms with Crippen molar-refractivity contribution in [3.63, 3.8) is 0 Å². The lowest BCUT2D eigenvalue weighted by atomic mass is 10.2. The molecule has 10 heteroatoms. The minimum atomic E-state index is -0.489. The van der Waals surface area contributed by atoms with Gasteiger partial charge >= 0.3 is 0 Å². The number of tetrazole rings is 1. The maximum Gasteiger partial charge on any atom is 0.269 e. The van der Waals surface area contributed by atoms with Crippen LogP contribution in [0.2, 0.25) is 0 Å². The Morgan fingerprint density at radius 3 is 2.62 bits per heavy atom. The smallest absolute Gasteiger partial charge is 0.269 e. The Kier molecular flexibility index (Phi) is 5.03. The minimum Gasteiger partial charge on any atom is -0.271 e. The average molecular weight is 351 g/mol. The van der Waals surface area contributed by atoms with Crippen LogP contribution < -0.4 is 5.43 Å². The Balaban J connectivity index is 1.54. The first-order chi connectivity index (χ1) is 12.6. The van der Waals surface area contributed by atoms with Gasteiger partial charge in [-0.1, -0.05) is 30.3 Å². The molecule has 2 aromatic carbocycles. The van der Waals surface area contributed by atoms with Crippen molar-refractivity contribution in [1.82, 2.24) is 25.6 Å². The van der Waals surface area contributed by atoms with Crippen molar-refractivity contribution >= 4 is 17.8 Å². The van der Waals surface area contributed by atoms with Gasteiger partial charge in [-0.05, 0) is 22.9 Å². The van der Waals surface area contributed by atoms with Gasteiger partial charge < -0.3 is 0 Å². The van der Waals surface area contributed by atoms with Gasteiger partial charge in [0, 0.05) is 17.7 Å². The van der Waals surface area contributed by atoms with Crippen molar-refractivity contribution < 1.29 is 9.72 Å². The molecule has 0 saturated heterocycles. The van der Waals surface area contributed by atoms with Crippen LogP contribution in [0, 0.1) is 10.1 Å². The summed E-state index contributed by atoms with van der Waals surface area (Å²) in [4.78, 5) is 23.1. The van der Waals surface area contributed by atoms with Crippen LogP contribution in [-0.2, 0) is 11.3 Å². The number of nitrogens with one attached hydrogen (secondary N) is 1. The summed E-state index contributed by atoms with van der Waals surface area (Å²) in [7, 11) is 0. The molecule has 3 aromatic rings. The molecule has 26 heavy (non-hydrogen) atoms. The van der Waals surface area contributed by atoms with Gasteiger partial charge in [0.2, 0.25) is 5.82 Å². The van der Waals surface area contributed by atoms with E-state index in [1.807, 2.05) is 30.3 Å². The summed E-state index contributed by atoms with van der Waals surface area (Å²) >= 11 is 0. The van der Waals surface area contributed by atoms with Gasteiger partial charge in [0.25, 0.3) is 11.6 Å². The van der Waals surface area contributed by atoms with E-state index in [-0.39, 0.29) is 12.2 Å². The van der Waals surface area contributed by atoms with Gasteiger partial charge in [0.05, 0.1) is 11.1 Å². The monoisotopic (exact) mass is 351 g/mol. The number of hydrogen-bond donors (Lipinski definition) is 1. The highest BCUT2D eigenvalue weighted by molar-refractivity contribution is 5.82. The molecule has 0 radical (unpaired) electrons. The first-order valence-electron chi connectivity index (χ1n) is 7.51. The second-order valence-electron chi connectivity index (χ2n) is 5.15. The first kappa shape index (κ1) is 16.9. The summed E-state index contributed by atoms with van der Waals surface area (Å²) in [5, 5.41) is 26.2. The van der Waals surface area contributed by atoms with Crippen molar-refractivity contribution in [1.29, 1.82) is 0 Å². The van der Waals surface area contributed by atoms with Crippen molar-refractivity contribution in [3.8, 4) is 11.4 Å². The van der Waals surface area contributed by atoms with Crippen molar-refractivity contribution in [2.24, 2.45) is 5.10 Å². The summed E-state index contributed by atoms with van der Waals surface area (Å²) in [5.41, 5.74) is 3.73.